The van der Waals surface area contributed by atoms with Crippen LogP contribution in [0.4, 0.5) is 5.88 Å². The van der Waals surface area contributed by atoms with E-state index in [9.17, 15) is 8.42 Å². The highest BCUT2D eigenvalue weighted by Crippen LogP contribution is 2.35. The summed E-state index contributed by atoms with van der Waals surface area (Å²) in [5.74, 6) is 0.916. The molecule has 0 N–H and O–H groups in total. The summed E-state index contributed by atoms with van der Waals surface area (Å²) < 4.78 is 38.1. The highest BCUT2D eigenvalue weighted by molar-refractivity contribution is 7.91. The Morgan fingerprint density at radius 3 is 2.36 bits per heavy atom. The Balaban J connectivity index is 1.81. The Hall–Kier alpha value is -2.54. The lowest BCUT2D eigenvalue weighted by molar-refractivity contribution is 0.507. The number of aromatic nitrogens is 1. The van der Waals surface area contributed by atoms with Gasteiger partial charge in [-0.25, -0.2) is 8.42 Å². The molecule has 7 heteroatoms. The number of hydrogen-bond acceptors (Lipinski definition) is 6. The van der Waals surface area contributed by atoms with Gasteiger partial charge in [0.1, 0.15) is 0 Å². The van der Waals surface area contributed by atoms with E-state index in [-0.39, 0.29) is 15.8 Å². The monoisotopic (exact) mass is 400 g/mol. The summed E-state index contributed by atoms with van der Waals surface area (Å²) in [7, 11) is -3.81. The smallest absolute Gasteiger partial charge is 0.266 e. The van der Waals surface area contributed by atoms with Crippen LogP contribution < -0.4 is 4.90 Å². The molecular weight excluding hydrogens is 376 g/mol. The topological polar surface area (TPSA) is 76.5 Å². The lowest BCUT2D eigenvalue weighted by atomic mass is 10.2. The molecule has 2 aromatic heterocycles. The molecule has 0 bridgehead atoms. The number of hydrogen-bond donors (Lipinski definition) is 0. The van der Waals surface area contributed by atoms with Crippen LogP contribution in [0, 0.1) is 0 Å². The van der Waals surface area contributed by atoms with Gasteiger partial charge in [0.25, 0.3) is 5.89 Å². The van der Waals surface area contributed by atoms with E-state index in [0.717, 1.165) is 50.8 Å². The molecule has 0 saturated carbocycles. The van der Waals surface area contributed by atoms with Gasteiger partial charge in [-0.05, 0) is 49.1 Å². The third kappa shape index (κ3) is 3.58. The fourth-order valence-electron chi connectivity index (χ4n) is 3.47. The average Bonchev–Trinajstić information content (AvgIpc) is 3.33. The first-order valence-corrected chi connectivity index (χ1v) is 11.2. The van der Waals surface area contributed by atoms with Crippen molar-refractivity contribution in [2.45, 2.75) is 48.9 Å². The van der Waals surface area contributed by atoms with Crippen molar-refractivity contribution in [2.75, 3.05) is 18.0 Å². The molecule has 148 valence electrons. The van der Waals surface area contributed by atoms with E-state index in [1.165, 1.54) is 6.26 Å². The molecule has 28 heavy (non-hydrogen) atoms. The maximum absolute atomic E-state index is 13.4. The normalized spacial score (nSPS) is 15.5. The predicted molar refractivity (Wildman–Crippen MR) is 106 cm³/mol. The molecule has 6 nitrogen and oxygen atoms in total. The molecule has 0 radical (unpaired) electrons. The van der Waals surface area contributed by atoms with Crippen LogP contribution in [0.1, 0.15) is 38.2 Å². The number of rotatable bonds is 5. The van der Waals surface area contributed by atoms with Gasteiger partial charge in [-0.1, -0.05) is 31.9 Å². The number of oxazole rings is 1. The van der Waals surface area contributed by atoms with E-state index in [2.05, 4.69) is 4.98 Å². The quantitative estimate of drug-likeness (QED) is 0.617. The van der Waals surface area contributed by atoms with Crippen molar-refractivity contribution in [3.05, 3.63) is 48.2 Å². The van der Waals surface area contributed by atoms with Crippen molar-refractivity contribution in [2.24, 2.45) is 0 Å². The number of aryl methyl sites for hydroxylation is 1. The molecule has 0 amide bonds. The molecule has 1 aromatic carbocycles. The van der Waals surface area contributed by atoms with E-state index in [1.807, 2.05) is 24.0 Å². The largest absolute Gasteiger partial charge is 0.459 e. The molecule has 4 rings (SSSR count). The summed E-state index contributed by atoms with van der Waals surface area (Å²) in [5, 5.41) is -0.0370. The number of benzene rings is 1. The lowest BCUT2D eigenvalue weighted by Gasteiger charge is -2.20. The second-order valence-corrected chi connectivity index (χ2v) is 8.87. The van der Waals surface area contributed by atoms with E-state index in [0.29, 0.717) is 11.6 Å². The number of anilines is 1. The first-order valence-electron chi connectivity index (χ1n) is 9.73. The molecule has 1 aliphatic rings. The molecule has 0 unspecified atom stereocenters. The molecule has 1 saturated heterocycles. The fraction of sp³-hybridized carbons (Fsp3) is 0.381. The standard InChI is InChI=1S/C21H24N2O4S/c1-2-16-9-11-17(12-10-16)28(24,25)20-21(23-13-5-3-4-6-14-23)27-19(22-20)18-8-7-15-26-18/h7-12,15H,2-6,13-14H2,1H3. The van der Waals surface area contributed by atoms with Gasteiger partial charge in [-0.15, -0.1) is 0 Å². The summed E-state index contributed by atoms with van der Waals surface area (Å²) in [4.78, 5) is 6.58. The van der Waals surface area contributed by atoms with Crippen molar-refractivity contribution in [3.8, 4) is 11.7 Å². The number of sulfone groups is 1. The third-order valence-corrected chi connectivity index (χ3v) is 6.77. The second-order valence-electron chi connectivity index (χ2n) is 7.01. The van der Waals surface area contributed by atoms with E-state index in [1.54, 1.807) is 24.3 Å². The Bertz CT molecular complexity index is 1010. The Morgan fingerprint density at radius 1 is 1.04 bits per heavy atom. The zero-order chi connectivity index (χ0) is 19.6. The molecule has 1 fully saturated rings. The number of nitrogens with zero attached hydrogens (tertiary/aromatic N) is 2. The van der Waals surface area contributed by atoms with Crippen LogP contribution in [-0.4, -0.2) is 26.5 Å². The molecule has 0 atom stereocenters. The Kier molecular flexibility index (Phi) is 5.26. The average molecular weight is 401 g/mol. The molecule has 3 heterocycles. The molecule has 0 spiro atoms. The van der Waals surface area contributed by atoms with E-state index < -0.39 is 9.84 Å². The summed E-state index contributed by atoms with van der Waals surface area (Å²) in [6.07, 6.45) is 6.64. The highest BCUT2D eigenvalue weighted by Gasteiger charge is 2.32. The van der Waals surface area contributed by atoms with Gasteiger partial charge < -0.3 is 13.7 Å². The van der Waals surface area contributed by atoms with Gasteiger partial charge in [-0.2, -0.15) is 4.98 Å². The molecule has 1 aliphatic heterocycles. The van der Waals surface area contributed by atoms with Crippen molar-refractivity contribution < 1.29 is 17.3 Å². The minimum atomic E-state index is -3.81. The van der Waals surface area contributed by atoms with Gasteiger partial charge in [0.05, 0.1) is 11.2 Å². The van der Waals surface area contributed by atoms with Crippen LogP contribution in [0.3, 0.4) is 0 Å². The Morgan fingerprint density at radius 2 is 1.75 bits per heavy atom. The van der Waals surface area contributed by atoms with Crippen LogP contribution in [-0.2, 0) is 16.3 Å². The fourth-order valence-corrected chi connectivity index (χ4v) is 4.79. The van der Waals surface area contributed by atoms with Gasteiger partial charge in [0.2, 0.25) is 20.7 Å². The zero-order valence-corrected chi connectivity index (χ0v) is 16.7. The minimum Gasteiger partial charge on any atom is -0.459 e. The van der Waals surface area contributed by atoms with Gasteiger partial charge in [-0.3, -0.25) is 0 Å². The number of furan rings is 1. The first kappa shape index (κ1) is 18.8. The van der Waals surface area contributed by atoms with E-state index in [4.69, 9.17) is 8.83 Å². The van der Waals surface area contributed by atoms with E-state index >= 15 is 0 Å². The van der Waals surface area contributed by atoms with Gasteiger partial charge in [0.15, 0.2) is 5.76 Å². The molecule has 0 aliphatic carbocycles. The zero-order valence-electron chi connectivity index (χ0n) is 15.9. The summed E-state index contributed by atoms with van der Waals surface area (Å²) >= 11 is 0. The van der Waals surface area contributed by atoms with Crippen LogP contribution in [0.5, 0.6) is 0 Å². The maximum atomic E-state index is 13.4. The second kappa shape index (κ2) is 7.83. The first-order chi connectivity index (χ1) is 13.6. The van der Waals surface area contributed by atoms with Crippen LogP contribution in [0.2, 0.25) is 0 Å². The van der Waals surface area contributed by atoms with Crippen LogP contribution in [0.15, 0.2) is 61.4 Å². The predicted octanol–water partition coefficient (Wildman–Crippen LogP) is 4.71. The van der Waals surface area contributed by atoms with Gasteiger partial charge >= 0.3 is 0 Å². The van der Waals surface area contributed by atoms with Gasteiger partial charge in [0, 0.05) is 13.1 Å². The third-order valence-electron chi connectivity index (χ3n) is 5.10. The molecule has 3 aromatic rings. The Labute approximate surface area is 165 Å². The van der Waals surface area contributed by atoms with Crippen molar-refractivity contribution >= 4 is 15.7 Å². The lowest BCUT2D eigenvalue weighted by Crippen LogP contribution is -2.25. The summed E-state index contributed by atoms with van der Waals surface area (Å²) in [5.41, 5.74) is 1.09. The van der Waals surface area contributed by atoms with Crippen LogP contribution >= 0.6 is 0 Å². The van der Waals surface area contributed by atoms with Crippen molar-refractivity contribution in [1.29, 1.82) is 0 Å². The summed E-state index contributed by atoms with van der Waals surface area (Å²) in [6.45, 7) is 3.54. The minimum absolute atomic E-state index is 0.0370. The van der Waals surface area contributed by atoms with Crippen LogP contribution in [0.25, 0.3) is 11.7 Å². The highest BCUT2D eigenvalue weighted by atomic mass is 32.2. The van der Waals surface area contributed by atoms with Crippen molar-refractivity contribution in [1.82, 2.24) is 4.98 Å². The SMILES string of the molecule is CCc1ccc(S(=O)(=O)c2nc(-c3ccco3)oc2N2CCCCCC2)cc1. The summed E-state index contributed by atoms with van der Waals surface area (Å²) in [6, 6.07) is 10.4. The van der Waals surface area contributed by atoms with Crippen molar-refractivity contribution in [3.63, 3.8) is 0 Å². The molecular formula is C21H24N2O4S. The maximum Gasteiger partial charge on any atom is 0.266 e.